The Morgan fingerprint density at radius 1 is 1.28 bits per heavy atom. The van der Waals surface area contributed by atoms with E-state index in [1.54, 1.807) is 12.1 Å². The zero-order valence-corrected chi connectivity index (χ0v) is 11.4. The number of hydrogen-bond donors (Lipinski definition) is 2. The summed E-state index contributed by atoms with van der Waals surface area (Å²) < 4.78 is 10.3. The maximum atomic E-state index is 11.6. The lowest BCUT2D eigenvalue weighted by atomic mass is 10.2. The molecule has 5 nitrogen and oxygen atoms in total. The number of carbonyl (C=O) groups excluding carboxylic acids is 1. The van der Waals surface area contributed by atoms with Crippen molar-refractivity contribution < 1.29 is 14.3 Å². The van der Waals surface area contributed by atoms with Crippen molar-refractivity contribution >= 4 is 23.2 Å². The average molecular weight is 273 g/mol. The number of halogens is 1. The van der Waals surface area contributed by atoms with E-state index >= 15 is 0 Å². The summed E-state index contributed by atoms with van der Waals surface area (Å²) in [5, 5.41) is 6.03. The number of amides is 1. The van der Waals surface area contributed by atoms with Gasteiger partial charge in [0.25, 0.3) is 0 Å². The Hall–Kier alpha value is -1.46. The van der Waals surface area contributed by atoms with Crippen LogP contribution in [0.3, 0.4) is 0 Å². The number of nitrogens with one attached hydrogen (secondary N) is 2. The standard InChI is InChI=1S/C12H17ClN2O3/c1-4-14-7-12(16)15-9-6-11(18-3)10(17-2)5-8(9)13/h5-6,14H,4,7H2,1-3H3,(H,15,16). The molecule has 0 aromatic heterocycles. The summed E-state index contributed by atoms with van der Waals surface area (Å²) in [6, 6.07) is 3.23. The van der Waals surface area contributed by atoms with Gasteiger partial charge in [0.15, 0.2) is 11.5 Å². The largest absolute Gasteiger partial charge is 0.493 e. The van der Waals surface area contributed by atoms with Gasteiger partial charge < -0.3 is 20.1 Å². The Kier molecular flexibility index (Phi) is 5.74. The molecule has 0 heterocycles. The number of benzene rings is 1. The lowest BCUT2D eigenvalue weighted by molar-refractivity contribution is -0.115. The summed E-state index contributed by atoms with van der Waals surface area (Å²) in [7, 11) is 3.05. The van der Waals surface area contributed by atoms with Gasteiger partial charge in [0.2, 0.25) is 5.91 Å². The highest BCUT2D eigenvalue weighted by atomic mass is 35.5. The molecule has 0 saturated carbocycles. The Bertz CT molecular complexity index is 424. The monoisotopic (exact) mass is 272 g/mol. The minimum Gasteiger partial charge on any atom is -0.493 e. The fraction of sp³-hybridized carbons (Fsp3) is 0.417. The topological polar surface area (TPSA) is 59.6 Å². The highest BCUT2D eigenvalue weighted by molar-refractivity contribution is 6.34. The molecule has 2 N–H and O–H groups in total. The molecule has 0 aliphatic rings. The summed E-state index contributed by atoms with van der Waals surface area (Å²) in [5.41, 5.74) is 0.497. The lowest BCUT2D eigenvalue weighted by Crippen LogP contribution is -2.27. The first-order chi connectivity index (χ1) is 8.62. The van der Waals surface area contributed by atoms with Gasteiger partial charge >= 0.3 is 0 Å². The van der Waals surface area contributed by atoms with Crippen LogP contribution in [-0.4, -0.2) is 33.2 Å². The lowest BCUT2D eigenvalue weighted by Gasteiger charge is -2.12. The molecule has 0 bridgehead atoms. The zero-order chi connectivity index (χ0) is 13.5. The molecule has 18 heavy (non-hydrogen) atoms. The average Bonchev–Trinajstić information content (AvgIpc) is 2.38. The van der Waals surface area contributed by atoms with Gasteiger partial charge in [-0.05, 0) is 6.54 Å². The van der Waals surface area contributed by atoms with Gasteiger partial charge in [0.1, 0.15) is 0 Å². The van der Waals surface area contributed by atoms with E-state index < -0.39 is 0 Å². The maximum Gasteiger partial charge on any atom is 0.238 e. The van der Waals surface area contributed by atoms with Crippen molar-refractivity contribution in [2.75, 3.05) is 32.6 Å². The number of likely N-dealkylation sites (N-methyl/N-ethyl adjacent to an activating group) is 1. The van der Waals surface area contributed by atoms with E-state index in [0.29, 0.717) is 22.2 Å². The molecule has 100 valence electrons. The van der Waals surface area contributed by atoms with Crippen LogP contribution < -0.4 is 20.1 Å². The van der Waals surface area contributed by atoms with Crippen LogP contribution in [-0.2, 0) is 4.79 Å². The molecule has 0 radical (unpaired) electrons. The fourth-order valence-corrected chi connectivity index (χ4v) is 1.58. The van der Waals surface area contributed by atoms with Crippen molar-refractivity contribution in [3.05, 3.63) is 17.2 Å². The number of methoxy groups -OCH3 is 2. The van der Waals surface area contributed by atoms with Crippen molar-refractivity contribution in [3.8, 4) is 11.5 Å². The van der Waals surface area contributed by atoms with Crippen molar-refractivity contribution in [1.82, 2.24) is 5.32 Å². The van der Waals surface area contributed by atoms with E-state index in [9.17, 15) is 4.79 Å². The third-order valence-electron chi connectivity index (χ3n) is 2.28. The quantitative estimate of drug-likeness (QED) is 0.830. The molecule has 0 saturated heterocycles. The van der Waals surface area contributed by atoms with Crippen LogP contribution in [0.1, 0.15) is 6.92 Å². The zero-order valence-electron chi connectivity index (χ0n) is 10.7. The molecule has 0 unspecified atom stereocenters. The smallest absolute Gasteiger partial charge is 0.238 e. The summed E-state index contributed by atoms with van der Waals surface area (Å²) in [6.45, 7) is 2.89. The first-order valence-electron chi connectivity index (χ1n) is 5.54. The maximum absolute atomic E-state index is 11.6. The summed E-state index contributed by atoms with van der Waals surface area (Å²) in [4.78, 5) is 11.6. The molecule has 0 atom stereocenters. The Labute approximate surface area is 111 Å². The molecule has 0 aliphatic carbocycles. The highest BCUT2D eigenvalue weighted by Crippen LogP contribution is 2.35. The van der Waals surface area contributed by atoms with Crippen LogP contribution >= 0.6 is 11.6 Å². The van der Waals surface area contributed by atoms with Crippen LogP contribution in [0.15, 0.2) is 12.1 Å². The van der Waals surface area contributed by atoms with E-state index in [1.165, 1.54) is 14.2 Å². The number of rotatable bonds is 6. The van der Waals surface area contributed by atoms with Gasteiger partial charge in [-0.15, -0.1) is 0 Å². The Balaban J connectivity index is 2.85. The molecular weight excluding hydrogens is 256 g/mol. The van der Waals surface area contributed by atoms with Gasteiger partial charge in [-0.1, -0.05) is 18.5 Å². The summed E-state index contributed by atoms with van der Waals surface area (Å²) in [6.07, 6.45) is 0. The van der Waals surface area contributed by atoms with Crippen LogP contribution in [0.25, 0.3) is 0 Å². The Morgan fingerprint density at radius 3 is 2.44 bits per heavy atom. The molecule has 0 spiro atoms. The third kappa shape index (κ3) is 3.78. The highest BCUT2D eigenvalue weighted by Gasteiger charge is 2.11. The molecule has 1 amide bonds. The van der Waals surface area contributed by atoms with Crippen LogP contribution in [0.5, 0.6) is 11.5 Å². The SMILES string of the molecule is CCNCC(=O)Nc1cc(OC)c(OC)cc1Cl. The van der Waals surface area contributed by atoms with E-state index in [2.05, 4.69) is 10.6 Å². The summed E-state index contributed by atoms with van der Waals surface area (Å²) >= 11 is 6.04. The van der Waals surface area contributed by atoms with Gasteiger partial charge in [-0.25, -0.2) is 0 Å². The van der Waals surface area contributed by atoms with Crippen LogP contribution in [0.2, 0.25) is 5.02 Å². The summed E-state index contributed by atoms with van der Waals surface area (Å²) in [5.74, 6) is 0.874. The number of anilines is 1. The second kappa shape index (κ2) is 7.08. The van der Waals surface area contributed by atoms with Crippen LogP contribution in [0.4, 0.5) is 5.69 Å². The van der Waals surface area contributed by atoms with Crippen molar-refractivity contribution in [2.45, 2.75) is 6.92 Å². The van der Waals surface area contributed by atoms with Crippen molar-refractivity contribution in [2.24, 2.45) is 0 Å². The number of hydrogen-bond acceptors (Lipinski definition) is 4. The first-order valence-corrected chi connectivity index (χ1v) is 5.92. The molecule has 1 rings (SSSR count). The van der Waals surface area contributed by atoms with Crippen molar-refractivity contribution in [3.63, 3.8) is 0 Å². The van der Waals surface area contributed by atoms with Crippen molar-refractivity contribution in [1.29, 1.82) is 0 Å². The van der Waals surface area contributed by atoms with Gasteiger partial charge in [0, 0.05) is 12.1 Å². The molecular formula is C12H17ClN2O3. The predicted octanol–water partition coefficient (Wildman–Crippen LogP) is 1.91. The Morgan fingerprint density at radius 2 is 1.89 bits per heavy atom. The minimum absolute atomic E-state index is 0.161. The normalized spacial score (nSPS) is 10.0. The molecule has 1 aromatic rings. The van der Waals surface area contributed by atoms with E-state index in [-0.39, 0.29) is 12.5 Å². The number of carbonyl (C=O) groups is 1. The second-order valence-electron chi connectivity index (χ2n) is 3.52. The first kappa shape index (κ1) is 14.6. The van der Waals surface area contributed by atoms with E-state index in [4.69, 9.17) is 21.1 Å². The van der Waals surface area contributed by atoms with E-state index in [1.807, 2.05) is 6.92 Å². The molecule has 0 fully saturated rings. The fourth-order valence-electron chi connectivity index (χ4n) is 1.38. The number of ether oxygens (including phenoxy) is 2. The third-order valence-corrected chi connectivity index (χ3v) is 2.60. The minimum atomic E-state index is -0.161. The predicted molar refractivity (Wildman–Crippen MR) is 71.7 cm³/mol. The molecule has 0 aliphatic heterocycles. The molecule has 6 heteroatoms. The van der Waals surface area contributed by atoms with E-state index in [0.717, 1.165) is 6.54 Å². The van der Waals surface area contributed by atoms with Crippen LogP contribution in [0, 0.1) is 0 Å². The van der Waals surface area contributed by atoms with Gasteiger partial charge in [0.05, 0.1) is 31.5 Å². The van der Waals surface area contributed by atoms with Gasteiger partial charge in [-0.3, -0.25) is 4.79 Å². The second-order valence-corrected chi connectivity index (χ2v) is 3.92. The molecule has 1 aromatic carbocycles. The van der Waals surface area contributed by atoms with Gasteiger partial charge in [-0.2, -0.15) is 0 Å².